The van der Waals surface area contributed by atoms with Crippen molar-refractivity contribution in [1.29, 1.82) is 0 Å². The summed E-state index contributed by atoms with van der Waals surface area (Å²) in [4.78, 5) is 29.3. The lowest BCUT2D eigenvalue weighted by Crippen LogP contribution is -2.52. The van der Waals surface area contributed by atoms with Gasteiger partial charge in [-0.05, 0) is 13.0 Å². The SMILES string of the molecule is CC.CC(F)(F)C(C)(O)CNC(=O)c1nc(OCC(=O)N2CCOCC2)c(C(F)(F)F)cc1N. The minimum Gasteiger partial charge on any atom is -0.467 e. The van der Waals surface area contributed by atoms with Crippen LogP contribution in [0.4, 0.5) is 27.6 Å². The third-order valence-corrected chi connectivity index (χ3v) is 4.77. The normalized spacial score (nSPS) is 16.1. The number of nitrogen functional groups attached to an aromatic ring is 1. The Kier molecular flexibility index (Phi) is 9.99. The van der Waals surface area contributed by atoms with E-state index in [1.807, 2.05) is 19.2 Å². The third-order valence-electron chi connectivity index (χ3n) is 4.77. The highest BCUT2D eigenvalue weighted by Crippen LogP contribution is 2.37. The Morgan fingerprint density at radius 2 is 1.76 bits per heavy atom. The molecule has 1 aromatic rings. The Morgan fingerprint density at radius 1 is 1.21 bits per heavy atom. The van der Waals surface area contributed by atoms with Gasteiger partial charge >= 0.3 is 6.18 Å². The smallest absolute Gasteiger partial charge is 0.421 e. The third kappa shape index (κ3) is 7.65. The fourth-order valence-corrected chi connectivity index (χ4v) is 2.53. The quantitative estimate of drug-likeness (QED) is 0.490. The van der Waals surface area contributed by atoms with Crippen LogP contribution in [0.1, 0.15) is 43.7 Å². The van der Waals surface area contributed by atoms with E-state index in [1.54, 1.807) is 0 Å². The minimum absolute atomic E-state index is 0.235. The number of hydrogen-bond donors (Lipinski definition) is 3. The summed E-state index contributed by atoms with van der Waals surface area (Å²) in [6.07, 6.45) is -4.97. The van der Waals surface area contributed by atoms with Gasteiger partial charge in [0.2, 0.25) is 5.88 Å². The monoisotopic (exact) mass is 500 g/mol. The second-order valence-corrected chi connectivity index (χ2v) is 7.40. The first kappa shape index (κ1) is 29.3. The Morgan fingerprint density at radius 3 is 2.26 bits per heavy atom. The van der Waals surface area contributed by atoms with Crippen LogP contribution in [-0.2, 0) is 15.7 Å². The van der Waals surface area contributed by atoms with Crippen molar-refractivity contribution in [3.8, 4) is 5.88 Å². The van der Waals surface area contributed by atoms with E-state index >= 15 is 0 Å². The van der Waals surface area contributed by atoms with Gasteiger partial charge < -0.3 is 30.5 Å². The van der Waals surface area contributed by atoms with E-state index < -0.39 is 65.5 Å². The molecule has 0 saturated carbocycles. The summed E-state index contributed by atoms with van der Waals surface area (Å²) in [5.41, 5.74) is -0.0133. The maximum atomic E-state index is 13.4. The Labute approximate surface area is 193 Å². The summed E-state index contributed by atoms with van der Waals surface area (Å²) in [6.45, 7) is 4.47. The summed E-state index contributed by atoms with van der Waals surface area (Å²) in [5, 5.41) is 11.7. The van der Waals surface area contributed by atoms with Gasteiger partial charge in [0.15, 0.2) is 12.3 Å². The molecule has 2 heterocycles. The summed E-state index contributed by atoms with van der Waals surface area (Å²) in [5.74, 6) is -6.50. The van der Waals surface area contributed by atoms with E-state index in [0.717, 1.165) is 6.92 Å². The first-order valence-corrected chi connectivity index (χ1v) is 10.4. The van der Waals surface area contributed by atoms with Crippen molar-refractivity contribution < 1.29 is 46.1 Å². The van der Waals surface area contributed by atoms with Crippen LogP contribution in [0.3, 0.4) is 0 Å². The van der Waals surface area contributed by atoms with Crippen molar-refractivity contribution in [2.75, 3.05) is 45.2 Å². The van der Waals surface area contributed by atoms with E-state index in [4.69, 9.17) is 15.2 Å². The predicted octanol–water partition coefficient (Wildman–Crippen LogP) is 2.08. The number of ether oxygens (including phenoxy) is 2. The zero-order chi connectivity index (χ0) is 26.3. The van der Waals surface area contributed by atoms with Crippen LogP contribution in [0.15, 0.2) is 6.07 Å². The van der Waals surface area contributed by atoms with Crippen LogP contribution in [0.2, 0.25) is 0 Å². The Balaban J connectivity index is 0.00000281. The maximum absolute atomic E-state index is 13.4. The molecule has 1 aliphatic rings. The molecular weight excluding hydrogens is 471 g/mol. The number of aliphatic hydroxyl groups is 1. The highest BCUT2D eigenvalue weighted by Gasteiger charge is 2.45. The molecule has 4 N–H and O–H groups in total. The fourth-order valence-electron chi connectivity index (χ4n) is 2.53. The number of nitrogens with two attached hydrogens (primary N) is 1. The summed E-state index contributed by atoms with van der Waals surface area (Å²) in [7, 11) is 0. The van der Waals surface area contributed by atoms with E-state index in [-0.39, 0.29) is 26.3 Å². The van der Waals surface area contributed by atoms with Crippen molar-refractivity contribution in [2.45, 2.75) is 45.4 Å². The van der Waals surface area contributed by atoms with Crippen molar-refractivity contribution >= 4 is 17.5 Å². The molecule has 1 unspecified atom stereocenters. The van der Waals surface area contributed by atoms with Gasteiger partial charge in [0, 0.05) is 20.0 Å². The van der Waals surface area contributed by atoms with Crippen LogP contribution in [-0.4, -0.2) is 77.8 Å². The average molecular weight is 500 g/mol. The number of hydrogen-bond acceptors (Lipinski definition) is 7. The first-order valence-electron chi connectivity index (χ1n) is 10.4. The van der Waals surface area contributed by atoms with Gasteiger partial charge in [-0.15, -0.1) is 0 Å². The van der Waals surface area contributed by atoms with Crippen LogP contribution in [0.5, 0.6) is 5.88 Å². The number of carbonyl (C=O) groups is 2. The number of pyridine rings is 1. The molecule has 1 saturated heterocycles. The standard InChI is InChI=1S/C18H23F5N4O5.C2H6/c1-16(30,17(2,19)20)9-25-14(29)13-11(24)7-10(18(21,22)23)15(26-13)32-8-12(28)27-3-5-31-6-4-27;1-2/h7,30H,3-6,8-9,24H2,1-2H3,(H,25,29);1-2H3. The number of carbonyl (C=O) groups excluding carboxylic acids is 2. The number of aromatic nitrogens is 1. The van der Waals surface area contributed by atoms with Crippen molar-refractivity contribution in [1.82, 2.24) is 15.2 Å². The number of alkyl halides is 5. The molecule has 2 amide bonds. The van der Waals surface area contributed by atoms with Gasteiger partial charge in [0.05, 0.1) is 25.4 Å². The van der Waals surface area contributed by atoms with Gasteiger partial charge in [-0.2, -0.15) is 13.2 Å². The topological polar surface area (TPSA) is 127 Å². The molecule has 9 nitrogen and oxygen atoms in total. The average Bonchev–Trinajstić information content (AvgIpc) is 2.76. The molecule has 0 aliphatic carbocycles. The molecular formula is C20H29F5N4O5. The van der Waals surface area contributed by atoms with Crippen molar-refractivity contribution in [2.24, 2.45) is 0 Å². The Bertz CT molecular complexity index is 853. The van der Waals surface area contributed by atoms with Gasteiger partial charge in [-0.25, -0.2) is 13.8 Å². The maximum Gasteiger partial charge on any atom is 0.421 e. The molecule has 0 aromatic carbocycles. The Hall–Kier alpha value is -2.74. The molecule has 0 spiro atoms. The number of morpholine rings is 1. The van der Waals surface area contributed by atoms with Gasteiger partial charge in [-0.1, -0.05) is 13.8 Å². The predicted molar refractivity (Wildman–Crippen MR) is 111 cm³/mol. The number of rotatable bonds is 7. The van der Waals surface area contributed by atoms with Crippen LogP contribution >= 0.6 is 0 Å². The van der Waals surface area contributed by atoms with E-state index in [9.17, 15) is 36.6 Å². The number of halogens is 5. The second-order valence-electron chi connectivity index (χ2n) is 7.40. The number of nitrogens with zero attached hydrogens (tertiary/aromatic N) is 2. The molecule has 1 aliphatic heterocycles. The minimum atomic E-state index is -4.97. The lowest BCUT2D eigenvalue weighted by molar-refractivity contribution is -0.155. The van der Waals surface area contributed by atoms with Gasteiger partial charge in [-0.3, -0.25) is 9.59 Å². The van der Waals surface area contributed by atoms with E-state index in [0.29, 0.717) is 13.0 Å². The van der Waals surface area contributed by atoms with Gasteiger partial charge in [0.1, 0.15) is 11.2 Å². The first-order chi connectivity index (χ1) is 15.6. The molecule has 2 rings (SSSR count). The highest BCUT2D eigenvalue weighted by atomic mass is 19.4. The molecule has 1 atom stereocenters. The lowest BCUT2D eigenvalue weighted by atomic mass is 9.99. The fraction of sp³-hybridized carbons (Fsp3) is 0.650. The second kappa shape index (κ2) is 11.6. The molecule has 14 heteroatoms. The molecule has 194 valence electrons. The summed E-state index contributed by atoms with van der Waals surface area (Å²) >= 11 is 0. The molecule has 0 bridgehead atoms. The largest absolute Gasteiger partial charge is 0.467 e. The van der Waals surface area contributed by atoms with Crippen LogP contribution in [0, 0.1) is 0 Å². The number of amides is 2. The molecule has 1 aromatic heterocycles. The van der Waals surface area contributed by atoms with E-state index in [2.05, 4.69) is 4.98 Å². The molecule has 0 radical (unpaired) electrons. The van der Waals surface area contributed by atoms with Crippen molar-refractivity contribution in [3.05, 3.63) is 17.3 Å². The molecule has 1 fully saturated rings. The zero-order valence-corrected chi connectivity index (χ0v) is 19.3. The van der Waals surface area contributed by atoms with Crippen LogP contribution < -0.4 is 15.8 Å². The highest BCUT2D eigenvalue weighted by molar-refractivity contribution is 5.97. The number of nitrogens with one attached hydrogen (secondary N) is 1. The van der Waals surface area contributed by atoms with Crippen molar-refractivity contribution in [3.63, 3.8) is 0 Å². The van der Waals surface area contributed by atoms with Gasteiger partial charge in [0.25, 0.3) is 17.7 Å². The van der Waals surface area contributed by atoms with Crippen LogP contribution in [0.25, 0.3) is 0 Å². The van der Waals surface area contributed by atoms with E-state index in [1.165, 1.54) is 4.90 Å². The number of anilines is 1. The summed E-state index contributed by atoms with van der Waals surface area (Å²) < 4.78 is 76.9. The lowest BCUT2D eigenvalue weighted by Gasteiger charge is -2.29. The molecule has 34 heavy (non-hydrogen) atoms. The zero-order valence-electron chi connectivity index (χ0n) is 19.3. The summed E-state index contributed by atoms with van der Waals surface area (Å²) in [6, 6.07) is 0.392.